The fourth-order valence-electron chi connectivity index (χ4n) is 2.78. The van der Waals surface area contributed by atoms with Crippen molar-refractivity contribution in [1.82, 2.24) is 5.32 Å². The molecule has 0 bridgehead atoms. The fraction of sp³-hybridized carbons (Fsp3) is 0.533. The van der Waals surface area contributed by atoms with Crippen LogP contribution < -0.4 is 5.32 Å². The van der Waals surface area contributed by atoms with Crippen LogP contribution in [-0.4, -0.2) is 18.3 Å². The number of alkyl halides is 1. The van der Waals surface area contributed by atoms with Crippen molar-refractivity contribution in [3.8, 4) is 0 Å². The molecule has 1 saturated carbocycles. The number of benzene rings is 1. The van der Waals surface area contributed by atoms with E-state index in [2.05, 4.69) is 5.32 Å². The minimum Gasteiger partial charge on any atom is -0.352 e. The van der Waals surface area contributed by atoms with Crippen LogP contribution in [0, 0.1) is 29.3 Å². The van der Waals surface area contributed by atoms with Crippen LogP contribution >= 0.6 is 11.6 Å². The van der Waals surface area contributed by atoms with Crippen molar-refractivity contribution in [3.63, 3.8) is 0 Å². The molecule has 1 aliphatic carbocycles. The lowest BCUT2D eigenvalue weighted by atomic mass is 9.80. The monoisotopic (exact) mass is 319 g/mol. The molecule has 116 valence electrons. The SMILES string of the molecule is O=C(NCC1CCCCC1CCl)c1ccc(F)c(F)c1F. The molecule has 1 fully saturated rings. The predicted octanol–water partition coefficient (Wildman–Crippen LogP) is 3.88. The zero-order valence-electron chi connectivity index (χ0n) is 11.5. The number of nitrogens with one attached hydrogen (secondary N) is 1. The topological polar surface area (TPSA) is 29.1 Å². The van der Waals surface area contributed by atoms with E-state index in [0.717, 1.165) is 37.8 Å². The third kappa shape index (κ3) is 3.70. The first-order valence-corrected chi connectivity index (χ1v) is 7.55. The summed E-state index contributed by atoms with van der Waals surface area (Å²) >= 11 is 5.91. The summed E-state index contributed by atoms with van der Waals surface area (Å²) in [6, 6.07) is 1.69. The minimum absolute atomic E-state index is 0.244. The van der Waals surface area contributed by atoms with Gasteiger partial charge >= 0.3 is 0 Å². The van der Waals surface area contributed by atoms with Gasteiger partial charge in [-0.2, -0.15) is 0 Å². The average Bonchev–Trinajstić information content (AvgIpc) is 2.50. The van der Waals surface area contributed by atoms with Crippen molar-refractivity contribution in [1.29, 1.82) is 0 Å². The van der Waals surface area contributed by atoms with Gasteiger partial charge in [-0.1, -0.05) is 12.8 Å². The minimum atomic E-state index is -1.63. The predicted molar refractivity (Wildman–Crippen MR) is 74.8 cm³/mol. The number of amides is 1. The summed E-state index contributed by atoms with van der Waals surface area (Å²) in [5.74, 6) is -4.02. The highest BCUT2D eigenvalue weighted by atomic mass is 35.5. The summed E-state index contributed by atoms with van der Waals surface area (Å²) in [5.41, 5.74) is -0.480. The Balaban J connectivity index is 2.00. The maximum absolute atomic E-state index is 13.5. The first kappa shape index (κ1) is 16.1. The van der Waals surface area contributed by atoms with Gasteiger partial charge in [-0.3, -0.25) is 4.79 Å². The molecule has 1 amide bonds. The van der Waals surface area contributed by atoms with Gasteiger partial charge in [0, 0.05) is 12.4 Å². The van der Waals surface area contributed by atoms with Gasteiger partial charge in [-0.15, -0.1) is 11.6 Å². The molecule has 0 saturated heterocycles. The van der Waals surface area contributed by atoms with Crippen LogP contribution in [0.4, 0.5) is 13.2 Å². The molecule has 0 radical (unpaired) electrons. The number of halogens is 4. The maximum Gasteiger partial charge on any atom is 0.254 e. The molecular formula is C15H17ClF3NO. The van der Waals surface area contributed by atoms with Crippen LogP contribution in [0.2, 0.25) is 0 Å². The molecule has 0 aromatic heterocycles. The number of hydrogen-bond donors (Lipinski definition) is 1. The molecule has 2 unspecified atom stereocenters. The van der Waals surface area contributed by atoms with Crippen molar-refractivity contribution in [3.05, 3.63) is 35.1 Å². The lowest BCUT2D eigenvalue weighted by Crippen LogP contribution is -2.35. The van der Waals surface area contributed by atoms with Crippen molar-refractivity contribution in [2.45, 2.75) is 25.7 Å². The molecule has 0 heterocycles. The molecule has 21 heavy (non-hydrogen) atoms. The van der Waals surface area contributed by atoms with Gasteiger partial charge in [0.05, 0.1) is 5.56 Å². The van der Waals surface area contributed by atoms with E-state index < -0.39 is 28.9 Å². The highest BCUT2D eigenvalue weighted by Gasteiger charge is 2.25. The van der Waals surface area contributed by atoms with E-state index in [1.54, 1.807) is 0 Å². The summed E-state index contributed by atoms with van der Waals surface area (Å²) in [6.07, 6.45) is 4.18. The molecule has 0 spiro atoms. The average molecular weight is 320 g/mol. The molecule has 2 nitrogen and oxygen atoms in total. The van der Waals surface area contributed by atoms with Crippen molar-refractivity contribution in [2.75, 3.05) is 12.4 Å². The summed E-state index contributed by atoms with van der Waals surface area (Å²) in [7, 11) is 0. The van der Waals surface area contributed by atoms with Crippen LogP contribution in [0.15, 0.2) is 12.1 Å². The second kappa shape index (κ2) is 7.16. The number of hydrogen-bond acceptors (Lipinski definition) is 1. The third-order valence-electron chi connectivity index (χ3n) is 4.07. The van der Waals surface area contributed by atoms with Crippen molar-refractivity contribution in [2.24, 2.45) is 11.8 Å². The normalized spacial score (nSPS) is 22.1. The Morgan fingerprint density at radius 1 is 1.14 bits per heavy atom. The number of rotatable bonds is 4. The Morgan fingerprint density at radius 3 is 2.48 bits per heavy atom. The third-order valence-corrected chi connectivity index (χ3v) is 4.47. The summed E-state index contributed by atoms with van der Waals surface area (Å²) in [4.78, 5) is 11.9. The van der Waals surface area contributed by atoms with Crippen LogP contribution in [0.3, 0.4) is 0 Å². The Labute approximate surface area is 126 Å². The van der Waals surface area contributed by atoms with E-state index >= 15 is 0 Å². The van der Waals surface area contributed by atoms with Gasteiger partial charge in [-0.05, 0) is 36.8 Å². The van der Waals surface area contributed by atoms with E-state index in [4.69, 9.17) is 11.6 Å². The van der Waals surface area contributed by atoms with E-state index in [9.17, 15) is 18.0 Å². The van der Waals surface area contributed by atoms with Gasteiger partial charge in [0.15, 0.2) is 17.5 Å². The largest absolute Gasteiger partial charge is 0.352 e. The molecule has 1 aromatic carbocycles. The van der Waals surface area contributed by atoms with Gasteiger partial charge in [0.25, 0.3) is 5.91 Å². The second-order valence-electron chi connectivity index (χ2n) is 5.39. The molecule has 1 N–H and O–H groups in total. The van der Waals surface area contributed by atoms with Crippen LogP contribution in [0.5, 0.6) is 0 Å². The summed E-state index contributed by atoms with van der Waals surface area (Å²) in [5, 5.41) is 2.59. The van der Waals surface area contributed by atoms with Gasteiger partial charge in [-0.25, -0.2) is 13.2 Å². The quantitative estimate of drug-likeness (QED) is 0.662. The Morgan fingerprint density at radius 2 is 1.81 bits per heavy atom. The van der Waals surface area contributed by atoms with Gasteiger partial charge in [0.2, 0.25) is 0 Å². The highest BCUT2D eigenvalue weighted by molar-refractivity contribution is 6.18. The number of carbonyl (C=O) groups is 1. The Bertz CT molecular complexity index is 524. The number of carbonyl (C=O) groups excluding carboxylic acids is 1. The lowest BCUT2D eigenvalue weighted by Gasteiger charge is -2.30. The van der Waals surface area contributed by atoms with Crippen LogP contribution in [-0.2, 0) is 0 Å². The molecule has 6 heteroatoms. The van der Waals surface area contributed by atoms with Gasteiger partial charge < -0.3 is 5.32 Å². The smallest absolute Gasteiger partial charge is 0.254 e. The highest BCUT2D eigenvalue weighted by Crippen LogP contribution is 2.30. The van der Waals surface area contributed by atoms with Crippen molar-refractivity contribution < 1.29 is 18.0 Å². The molecule has 2 atom stereocenters. The van der Waals surface area contributed by atoms with E-state index in [1.165, 1.54) is 0 Å². The zero-order valence-corrected chi connectivity index (χ0v) is 12.2. The summed E-state index contributed by atoms with van der Waals surface area (Å²) < 4.78 is 39.5. The van der Waals surface area contributed by atoms with Crippen LogP contribution in [0.1, 0.15) is 36.0 Å². The standard InChI is InChI=1S/C15H17ClF3NO/c16-7-9-3-1-2-4-10(9)8-20-15(21)11-5-6-12(17)14(19)13(11)18/h5-6,9-10H,1-4,7-8H2,(H,20,21). The first-order valence-electron chi connectivity index (χ1n) is 7.02. The fourth-order valence-corrected chi connectivity index (χ4v) is 3.18. The van der Waals surface area contributed by atoms with Gasteiger partial charge in [0.1, 0.15) is 0 Å². The Hall–Kier alpha value is -1.23. The Kier molecular flexibility index (Phi) is 5.51. The maximum atomic E-state index is 13.5. The molecular weight excluding hydrogens is 303 g/mol. The van der Waals surface area contributed by atoms with E-state index in [1.807, 2.05) is 0 Å². The van der Waals surface area contributed by atoms with E-state index in [-0.39, 0.29) is 5.92 Å². The lowest BCUT2D eigenvalue weighted by molar-refractivity contribution is 0.0931. The molecule has 1 aromatic rings. The molecule has 1 aliphatic rings. The van der Waals surface area contributed by atoms with Crippen LogP contribution in [0.25, 0.3) is 0 Å². The summed E-state index contributed by atoms with van der Waals surface area (Å²) in [6.45, 7) is 0.370. The first-order chi connectivity index (χ1) is 10.0. The molecule has 0 aliphatic heterocycles. The molecule has 2 rings (SSSR count). The second-order valence-corrected chi connectivity index (χ2v) is 5.70. The zero-order chi connectivity index (χ0) is 15.4. The van der Waals surface area contributed by atoms with Crippen molar-refractivity contribution >= 4 is 17.5 Å². The van der Waals surface area contributed by atoms with E-state index in [0.29, 0.717) is 18.3 Å².